The van der Waals surface area contributed by atoms with Gasteiger partial charge < -0.3 is 14.5 Å². The van der Waals surface area contributed by atoms with Crippen molar-refractivity contribution in [1.82, 2.24) is 4.90 Å². The van der Waals surface area contributed by atoms with Crippen LogP contribution in [0.2, 0.25) is 5.02 Å². The molecule has 1 fully saturated rings. The summed E-state index contributed by atoms with van der Waals surface area (Å²) in [5.41, 5.74) is 1.01. The van der Waals surface area contributed by atoms with Crippen molar-refractivity contribution in [1.29, 1.82) is 0 Å². The van der Waals surface area contributed by atoms with E-state index in [1.54, 1.807) is 17.0 Å². The number of rotatable bonds is 5. The standard InChI is InChI=1S/C22H25ClN4O5/c1-22(2,3)32-21(29)25-12-10-24(11-13-25)16-4-6-17(7-5-16)26(15-28)20-14-18(27(30)31)8-9-19(20)23/h4-9,14-15H,10-13H2,1-3H3. The van der Waals surface area contributed by atoms with Crippen molar-refractivity contribution in [3.05, 3.63) is 57.6 Å². The summed E-state index contributed by atoms with van der Waals surface area (Å²) in [5.74, 6) is 0. The van der Waals surface area contributed by atoms with Crippen LogP contribution in [-0.2, 0) is 9.53 Å². The molecule has 9 nitrogen and oxygen atoms in total. The number of ether oxygens (including phenoxy) is 1. The first-order chi connectivity index (χ1) is 15.1. The highest BCUT2D eigenvalue weighted by atomic mass is 35.5. The molecule has 0 bridgehead atoms. The van der Waals surface area contributed by atoms with Crippen LogP contribution < -0.4 is 9.80 Å². The van der Waals surface area contributed by atoms with E-state index in [4.69, 9.17) is 16.3 Å². The van der Waals surface area contributed by atoms with Gasteiger partial charge in [-0.05, 0) is 51.1 Å². The number of hydrogen-bond acceptors (Lipinski definition) is 6. The van der Waals surface area contributed by atoms with E-state index in [-0.39, 0.29) is 22.5 Å². The van der Waals surface area contributed by atoms with Crippen LogP contribution in [0.15, 0.2) is 42.5 Å². The van der Waals surface area contributed by atoms with E-state index in [9.17, 15) is 19.7 Å². The van der Waals surface area contributed by atoms with E-state index in [2.05, 4.69) is 4.90 Å². The maximum atomic E-state index is 12.2. The van der Waals surface area contributed by atoms with Crippen LogP contribution >= 0.6 is 11.6 Å². The number of non-ortho nitro benzene ring substituents is 1. The Balaban J connectivity index is 1.70. The van der Waals surface area contributed by atoms with Gasteiger partial charge in [0.05, 0.1) is 15.6 Å². The third-order valence-electron chi connectivity index (χ3n) is 4.93. The zero-order valence-electron chi connectivity index (χ0n) is 18.2. The molecule has 170 valence electrons. The van der Waals surface area contributed by atoms with Gasteiger partial charge in [0.2, 0.25) is 6.41 Å². The number of anilines is 3. The van der Waals surface area contributed by atoms with Crippen molar-refractivity contribution in [3.63, 3.8) is 0 Å². The predicted octanol–water partition coefficient (Wildman–Crippen LogP) is 4.60. The van der Waals surface area contributed by atoms with Gasteiger partial charge in [0.1, 0.15) is 5.60 Å². The minimum absolute atomic E-state index is 0.157. The highest BCUT2D eigenvalue weighted by Gasteiger charge is 2.26. The first-order valence-electron chi connectivity index (χ1n) is 10.1. The Morgan fingerprint density at radius 1 is 1.12 bits per heavy atom. The van der Waals surface area contributed by atoms with Gasteiger partial charge in [-0.15, -0.1) is 0 Å². The zero-order valence-corrected chi connectivity index (χ0v) is 18.9. The number of hydrogen-bond donors (Lipinski definition) is 0. The summed E-state index contributed by atoms with van der Waals surface area (Å²) in [6.07, 6.45) is 0.252. The highest BCUT2D eigenvalue weighted by Crippen LogP contribution is 2.34. The van der Waals surface area contributed by atoms with Gasteiger partial charge in [-0.1, -0.05) is 11.6 Å². The molecule has 0 atom stereocenters. The molecule has 0 aliphatic carbocycles. The minimum Gasteiger partial charge on any atom is -0.444 e. The minimum atomic E-state index is -0.539. The molecule has 32 heavy (non-hydrogen) atoms. The third kappa shape index (κ3) is 5.47. The second-order valence-corrected chi connectivity index (χ2v) is 8.75. The van der Waals surface area contributed by atoms with Crippen molar-refractivity contribution in [2.75, 3.05) is 36.0 Å². The molecule has 0 unspecified atom stereocenters. The molecule has 1 saturated heterocycles. The monoisotopic (exact) mass is 460 g/mol. The molecule has 1 aliphatic heterocycles. The van der Waals surface area contributed by atoms with Crippen LogP contribution in [0.25, 0.3) is 0 Å². The Bertz CT molecular complexity index is 998. The van der Waals surface area contributed by atoms with Crippen LogP contribution in [0, 0.1) is 10.1 Å². The molecule has 1 aliphatic rings. The van der Waals surface area contributed by atoms with Crippen LogP contribution in [-0.4, -0.2) is 54.1 Å². The fraction of sp³-hybridized carbons (Fsp3) is 0.364. The lowest BCUT2D eigenvalue weighted by Gasteiger charge is -2.36. The molecule has 0 N–H and O–H groups in total. The smallest absolute Gasteiger partial charge is 0.410 e. The molecule has 0 aromatic heterocycles. The number of amides is 2. The summed E-state index contributed by atoms with van der Waals surface area (Å²) in [6.45, 7) is 7.89. The van der Waals surface area contributed by atoms with Gasteiger partial charge >= 0.3 is 6.09 Å². The Kier molecular flexibility index (Phi) is 6.88. The molecule has 2 amide bonds. The van der Waals surface area contributed by atoms with Crippen LogP contribution in [0.3, 0.4) is 0 Å². The lowest BCUT2D eigenvalue weighted by atomic mass is 10.2. The summed E-state index contributed by atoms with van der Waals surface area (Å²) in [6, 6.07) is 11.2. The molecule has 3 rings (SSSR count). The van der Waals surface area contributed by atoms with Gasteiger partial charge in [0.15, 0.2) is 0 Å². The Morgan fingerprint density at radius 3 is 2.28 bits per heavy atom. The van der Waals surface area contributed by atoms with Crippen LogP contribution in [0.4, 0.5) is 27.5 Å². The van der Waals surface area contributed by atoms with Crippen molar-refractivity contribution >= 4 is 46.9 Å². The Hall–Kier alpha value is -3.33. The van der Waals surface area contributed by atoms with Crippen molar-refractivity contribution in [3.8, 4) is 0 Å². The Labute approximate surface area is 191 Å². The summed E-state index contributed by atoms with van der Waals surface area (Å²) < 4.78 is 5.42. The molecule has 1 heterocycles. The van der Waals surface area contributed by atoms with Gasteiger partial charge in [0, 0.05) is 49.7 Å². The SMILES string of the molecule is CC(C)(C)OC(=O)N1CCN(c2ccc(N(C=O)c3cc([N+](=O)[O-])ccc3Cl)cc2)CC1. The van der Waals surface area contributed by atoms with Gasteiger partial charge in [-0.25, -0.2) is 4.79 Å². The largest absolute Gasteiger partial charge is 0.444 e. The molecule has 0 radical (unpaired) electrons. The number of nitro benzene ring substituents is 1. The predicted molar refractivity (Wildman–Crippen MR) is 123 cm³/mol. The first-order valence-corrected chi connectivity index (χ1v) is 10.5. The molecular weight excluding hydrogens is 436 g/mol. The third-order valence-corrected chi connectivity index (χ3v) is 5.25. The molecule has 2 aromatic carbocycles. The van der Waals surface area contributed by atoms with Gasteiger partial charge in [0.25, 0.3) is 5.69 Å². The van der Waals surface area contributed by atoms with Gasteiger partial charge in [-0.2, -0.15) is 0 Å². The number of piperazine rings is 1. The van der Waals surface area contributed by atoms with E-state index in [0.717, 1.165) is 5.69 Å². The molecular formula is C22H25ClN4O5. The van der Waals surface area contributed by atoms with Gasteiger partial charge in [-0.3, -0.25) is 19.8 Å². The average Bonchev–Trinajstić information content (AvgIpc) is 2.75. The number of benzene rings is 2. The zero-order chi connectivity index (χ0) is 23.5. The normalized spacial score (nSPS) is 14.1. The van der Waals surface area contributed by atoms with E-state index >= 15 is 0 Å². The number of halogens is 1. The lowest BCUT2D eigenvalue weighted by molar-refractivity contribution is -0.384. The highest BCUT2D eigenvalue weighted by molar-refractivity contribution is 6.34. The van der Waals surface area contributed by atoms with Crippen LogP contribution in [0.1, 0.15) is 20.8 Å². The summed E-state index contributed by atoms with van der Waals surface area (Å²) in [7, 11) is 0. The summed E-state index contributed by atoms with van der Waals surface area (Å²) >= 11 is 6.18. The molecule has 0 saturated carbocycles. The van der Waals surface area contributed by atoms with Crippen molar-refractivity contribution in [2.24, 2.45) is 0 Å². The summed E-state index contributed by atoms with van der Waals surface area (Å²) in [5, 5.41) is 11.3. The number of carbonyl (C=O) groups excluding carboxylic acids is 2. The first kappa shape index (κ1) is 23.3. The average molecular weight is 461 g/mol. The fourth-order valence-corrected chi connectivity index (χ4v) is 3.56. The van der Waals surface area contributed by atoms with E-state index in [1.807, 2.05) is 32.9 Å². The number of carbonyl (C=O) groups is 2. The van der Waals surface area contributed by atoms with E-state index in [0.29, 0.717) is 38.3 Å². The maximum Gasteiger partial charge on any atom is 0.410 e. The van der Waals surface area contributed by atoms with Crippen LogP contribution in [0.5, 0.6) is 0 Å². The summed E-state index contributed by atoms with van der Waals surface area (Å²) in [4.78, 5) is 39.6. The molecule has 2 aromatic rings. The van der Waals surface area contributed by atoms with Crippen molar-refractivity contribution in [2.45, 2.75) is 26.4 Å². The van der Waals surface area contributed by atoms with E-state index in [1.165, 1.54) is 23.1 Å². The second kappa shape index (κ2) is 9.44. The number of nitrogens with zero attached hydrogens (tertiary/aromatic N) is 4. The fourth-order valence-electron chi connectivity index (χ4n) is 3.35. The number of nitro groups is 1. The quantitative estimate of drug-likeness (QED) is 0.367. The topological polar surface area (TPSA) is 96.2 Å². The maximum absolute atomic E-state index is 12.2. The molecule has 10 heteroatoms. The molecule has 0 spiro atoms. The Morgan fingerprint density at radius 2 is 1.75 bits per heavy atom. The van der Waals surface area contributed by atoms with E-state index < -0.39 is 10.5 Å². The lowest BCUT2D eigenvalue weighted by Crippen LogP contribution is -2.50. The van der Waals surface area contributed by atoms with Crippen molar-refractivity contribution < 1.29 is 19.2 Å². The second-order valence-electron chi connectivity index (χ2n) is 8.34.